The van der Waals surface area contributed by atoms with Crippen molar-refractivity contribution in [2.75, 3.05) is 20.3 Å². The largest absolute Gasteiger partial charge is 0.496 e. The lowest BCUT2D eigenvalue weighted by Crippen LogP contribution is -2.32. The first-order chi connectivity index (χ1) is 13.9. The number of carbonyl (C=O) groups is 2. The van der Waals surface area contributed by atoms with Gasteiger partial charge in [-0.15, -0.1) is 0 Å². The minimum atomic E-state index is -0.537. The molecule has 1 aliphatic heterocycles. The van der Waals surface area contributed by atoms with Gasteiger partial charge in [0.05, 0.1) is 23.5 Å². The molecule has 0 aliphatic carbocycles. The third-order valence-electron chi connectivity index (χ3n) is 4.19. The highest BCUT2D eigenvalue weighted by Crippen LogP contribution is 2.35. The Balaban J connectivity index is 1.72. The number of nitrogens with zero attached hydrogens (tertiary/aromatic N) is 2. The van der Waals surface area contributed by atoms with E-state index in [4.69, 9.17) is 9.47 Å². The van der Waals surface area contributed by atoms with Crippen LogP contribution in [0.25, 0.3) is 6.08 Å². The first-order valence-electron chi connectivity index (χ1n) is 8.66. The summed E-state index contributed by atoms with van der Waals surface area (Å²) in [7, 11) is 1.42. The average Bonchev–Trinajstić information content (AvgIpc) is 2.96. The van der Waals surface area contributed by atoms with Crippen molar-refractivity contribution in [2.45, 2.75) is 6.92 Å². The fraction of sp³-hybridized carbons (Fsp3) is 0.200. The van der Waals surface area contributed by atoms with Crippen LogP contribution in [-0.2, 0) is 4.79 Å². The summed E-state index contributed by atoms with van der Waals surface area (Å²) in [6, 6.07) is 11.5. The molecule has 9 heteroatoms. The summed E-state index contributed by atoms with van der Waals surface area (Å²) >= 11 is 0.776. The molecule has 0 N–H and O–H groups in total. The molecule has 0 saturated carbocycles. The normalized spacial score (nSPS) is 15.1. The minimum Gasteiger partial charge on any atom is -0.496 e. The van der Waals surface area contributed by atoms with Crippen LogP contribution < -0.4 is 9.47 Å². The number of benzene rings is 2. The molecule has 2 aromatic carbocycles. The Morgan fingerprint density at radius 2 is 1.90 bits per heavy atom. The number of nitro groups is 1. The molecule has 150 valence electrons. The predicted molar refractivity (Wildman–Crippen MR) is 109 cm³/mol. The third kappa shape index (κ3) is 4.75. The van der Waals surface area contributed by atoms with Gasteiger partial charge in [-0.2, -0.15) is 0 Å². The van der Waals surface area contributed by atoms with Gasteiger partial charge < -0.3 is 9.47 Å². The van der Waals surface area contributed by atoms with E-state index in [9.17, 15) is 19.7 Å². The van der Waals surface area contributed by atoms with Crippen molar-refractivity contribution in [3.8, 4) is 11.5 Å². The molecule has 0 aromatic heterocycles. The Hall–Kier alpha value is -3.33. The van der Waals surface area contributed by atoms with Crippen LogP contribution in [0, 0.1) is 17.0 Å². The molecular weight excluding hydrogens is 396 g/mol. The van der Waals surface area contributed by atoms with Gasteiger partial charge in [0.2, 0.25) is 0 Å². The van der Waals surface area contributed by atoms with Crippen LogP contribution in [0.2, 0.25) is 0 Å². The zero-order chi connectivity index (χ0) is 21.0. The predicted octanol–water partition coefficient (Wildman–Crippen LogP) is 4.03. The van der Waals surface area contributed by atoms with Gasteiger partial charge in [-0.1, -0.05) is 17.7 Å². The smallest absolute Gasteiger partial charge is 0.293 e. The van der Waals surface area contributed by atoms with Gasteiger partial charge in [-0.3, -0.25) is 24.6 Å². The summed E-state index contributed by atoms with van der Waals surface area (Å²) in [5.41, 5.74) is 1.32. The topological polar surface area (TPSA) is 99.0 Å². The standard InChI is InChI=1S/C20H18N2O6S/c1-13-3-6-16(7-4-13)28-10-9-21-19(23)18(29-20(21)24)12-14-11-15(22(25)26)5-8-17(14)27-2/h3-8,11-12H,9-10H2,1-2H3/b18-12-. The van der Waals surface area contributed by atoms with Gasteiger partial charge in [0.1, 0.15) is 18.1 Å². The Kier molecular flexibility index (Phi) is 6.18. The van der Waals surface area contributed by atoms with Crippen molar-refractivity contribution in [3.05, 3.63) is 68.6 Å². The summed E-state index contributed by atoms with van der Waals surface area (Å²) in [6.07, 6.45) is 1.43. The Morgan fingerprint density at radius 1 is 1.17 bits per heavy atom. The van der Waals surface area contributed by atoms with E-state index >= 15 is 0 Å². The van der Waals surface area contributed by atoms with Crippen LogP contribution in [0.4, 0.5) is 10.5 Å². The number of non-ortho nitro benzene ring substituents is 1. The maximum Gasteiger partial charge on any atom is 0.293 e. The van der Waals surface area contributed by atoms with Gasteiger partial charge in [0, 0.05) is 17.7 Å². The van der Waals surface area contributed by atoms with E-state index in [0.29, 0.717) is 17.1 Å². The molecule has 8 nitrogen and oxygen atoms in total. The molecule has 2 amide bonds. The lowest BCUT2D eigenvalue weighted by molar-refractivity contribution is -0.384. The number of imide groups is 1. The molecular formula is C20H18N2O6S. The molecule has 1 aliphatic rings. The number of rotatable bonds is 7. The van der Waals surface area contributed by atoms with Crippen molar-refractivity contribution in [2.24, 2.45) is 0 Å². The number of thioether (sulfide) groups is 1. The van der Waals surface area contributed by atoms with Crippen molar-refractivity contribution in [1.82, 2.24) is 4.90 Å². The van der Waals surface area contributed by atoms with E-state index in [-0.39, 0.29) is 23.7 Å². The molecule has 1 saturated heterocycles. The van der Waals surface area contributed by atoms with Gasteiger partial charge in [0.25, 0.3) is 16.8 Å². The molecule has 0 atom stereocenters. The van der Waals surface area contributed by atoms with E-state index < -0.39 is 16.1 Å². The van der Waals surface area contributed by atoms with E-state index in [1.54, 1.807) is 0 Å². The zero-order valence-corrected chi connectivity index (χ0v) is 16.6. The van der Waals surface area contributed by atoms with Crippen LogP contribution in [-0.4, -0.2) is 41.2 Å². The maximum absolute atomic E-state index is 12.6. The Morgan fingerprint density at radius 3 is 2.55 bits per heavy atom. The first kappa shape index (κ1) is 20.4. The van der Waals surface area contributed by atoms with Crippen molar-refractivity contribution < 1.29 is 24.0 Å². The van der Waals surface area contributed by atoms with E-state index in [2.05, 4.69) is 0 Å². The molecule has 2 aromatic rings. The number of ether oxygens (including phenoxy) is 2. The van der Waals surface area contributed by atoms with Gasteiger partial charge in [-0.25, -0.2) is 0 Å². The number of carbonyl (C=O) groups excluding carboxylic acids is 2. The van der Waals surface area contributed by atoms with Crippen LogP contribution in [0.3, 0.4) is 0 Å². The van der Waals surface area contributed by atoms with E-state index in [0.717, 1.165) is 22.2 Å². The summed E-state index contributed by atoms with van der Waals surface area (Å²) in [5, 5.41) is 10.6. The highest BCUT2D eigenvalue weighted by Gasteiger charge is 2.35. The van der Waals surface area contributed by atoms with Crippen molar-refractivity contribution >= 4 is 34.7 Å². The number of methoxy groups -OCH3 is 1. The average molecular weight is 414 g/mol. The minimum absolute atomic E-state index is 0.0992. The Labute approximate surface area is 171 Å². The molecule has 0 bridgehead atoms. The van der Waals surface area contributed by atoms with Crippen LogP contribution in [0.15, 0.2) is 47.4 Å². The second-order valence-corrected chi connectivity index (χ2v) is 7.17. The number of aryl methyl sites for hydroxylation is 1. The molecule has 3 rings (SSSR count). The third-order valence-corrected chi connectivity index (χ3v) is 5.10. The Bertz CT molecular complexity index is 987. The van der Waals surface area contributed by atoms with Crippen LogP contribution in [0.1, 0.15) is 11.1 Å². The lowest BCUT2D eigenvalue weighted by atomic mass is 10.1. The van der Waals surface area contributed by atoms with Crippen molar-refractivity contribution in [1.29, 1.82) is 0 Å². The van der Waals surface area contributed by atoms with E-state index in [1.165, 1.54) is 31.4 Å². The molecule has 0 radical (unpaired) electrons. The summed E-state index contributed by atoms with van der Waals surface area (Å²) in [5.74, 6) is 0.547. The molecule has 1 fully saturated rings. The van der Waals surface area contributed by atoms with Gasteiger partial charge in [-0.05, 0) is 43.0 Å². The summed E-state index contributed by atoms with van der Waals surface area (Å²) < 4.78 is 10.8. The highest BCUT2D eigenvalue weighted by atomic mass is 32.2. The zero-order valence-electron chi connectivity index (χ0n) is 15.8. The summed E-state index contributed by atoms with van der Waals surface area (Å²) in [4.78, 5) is 36.6. The fourth-order valence-electron chi connectivity index (χ4n) is 2.67. The second-order valence-electron chi connectivity index (χ2n) is 6.18. The van der Waals surface area contributed by atoms with Gasteiger partial charge in [0.15, 0.2) is 0 Å². The SMILES string of the molecule is COc1ccc([N+](=O)[O-])cc1/C=C1\SC(=O)N(CCOc2ccc(C)cc2)C1=O. The summed E-state index contributed by atoms with van der Waals surface area (Å²) in [6.45, 7) is 2.23. The molecule has 0 spiro atoms. The number of amides is 2. The van der Waals surface area contributed by atoms with Crippen molar-refractivity contribution in [3.63, 3.8) is 0 Å². The maximum atomic E-state index is 12.6. The highest BCUT2D eigenvalue weighted by molar-refractivity contribution is 8.18. The second kappa shape index (κ2) is 8.78. The monoisotopic (exact) mass is 414 g/mol. The lowest BCUT2D eigenvalue weighted by Gasteiger charge is -2.13. The first-order valence-corrected chi connectivity index (χ1v) is 9.48. The molecule has 0 unspecified atom stereocenters. The fourth-order valence-corrected chi connectivity index (χ4v) is 3.53. The van der Waals surface area contributed by atoms with Crippen LogP contribution in [0.5, 0.6) is 11.5 Å². The van der Waals surface area contributed by atoms with Gasteiger partial charge >= 0.3 is 0 Å². The number of hydrogen-bond donors (Lipinski definition) is 0. The number of nitro benzene ring substituents is 1. The van der Waals surface area contributed by atoms with Crippen LogP contribution >= 0.6 is 11.8 Å². The number of hydrogen-bond acceptors (Lipinski definition) is 7. The van der Waals surface area contributed by atoms with E-state index in [1.807, 2.05) is 31.2 Å². The quantitative estimate of drug-likeness (QED) is 0.383. The molecule has 29 heavy (non-hydrogen) atoms. The molecule has 1 heterocycles.